The summed E-state index contributed by atoms with van der Waals surface area (Å²) < 4.78 is 11.8. The van der Waals surface area contributed by atoms with Crippen molar-refractivity contribution in [3.63, 3.8) is 0 Å². The minimum atomic E-state index is -1.39. The first-order valence-corrected chi connectivity index (χ1v) is 17.9. The van der Waals surface area contributed by atoms with E-state index in [1.54, 1.807) is 0 Å². The van der Waals surface area contributed by atoms with Crippen LogP contribution in [0.2, 0.25) is 39.3 Å². The van der Waals surface area contributed by atoms with Gasteiger partial charge in [-0.2, -0.15) is 0 Å². The van der Waals surface area contributed by atoms with E-state index in [2.05, 4.69) is 93.9 Å². The summed E-state index contributed by atoms with van der Waals surface area (Å²) in [6.45, 7) is 15.1. The molecule has 2 aromatic carbocycles. The average Bonchev–Trinajstić information content (AvgIpc) is 2.98. The molecule has 0 bridgehead atoms. The molecule has 0 aromatic heterocycles. The van der Waals surface area contributed by atoms with Crippen molar-refractivity contribution >= 4 is 30.1 Å². The summed E-state index contributed by atoms with van der Waals surface area (Å²) >= 11 is 0. The van der Waals surface area contributed by atoms with Gasteiger partial charge in [0.05, 0.1) is 24.2 Å². The summed E-state index contributed by atoms with van der Waals surface area (Å²) in [5, 5.41) is 0. The maximum absolute atomic E-state index is 6.54. The standard InChI is InChI=1S/C21H30NOPSi2/c1-25(2,3)21(26(4,5)6)24-20(18-15-11-8-12-16-18)23-19(22-24)17-13-9-7-10-14-17/h7-16,20-21H,1-6H3/t20-,24?/m0/s1. The second-order valence-corrected chi connectivity index (χ2v) is 23.3. The molecule has 0 saturated heterocycles. The number of rotatable bonds is 5. The molecule has 0 aliphatic carbocycles. The van der Waals surface area contributed by atoms with Crippen LogP contribution < -0.4 is 0 Å². The Morgan fingerprint density at radius 3 is 1.81 bits per heavy atom. The van der Waals surface area contributed by atoms with Gasteiger partial charge >= 0.3 is 0 Å². The second kappa shape index (κ2) is 7.42. The predicted octanol–water partition coefficient (Wildman–Crippen LogP) is 6.68. The van der Waals surface area contributed by atoms with Gasteiger partial charge in [-0.05, 0) is 22.6 Å². The molecule has 0 amide bonds. The Morgan fingerprint density at radius 1 is 0.808 bits per heavy atom. The molecule has 5 heteroatoms. The van der Waals surface area contributed by atoms with Crippen molar-refractivity contribution in [2.45, 2.75) is 50.0 Å². The maximum Gasteiger partial charge on any atom is 0.220 e. The van der Waals surface area contributed by atoms with Crippen LogP contribution in [0, 0.1) is 0 Å². The SMILES string of the molecule is C[Si](C)(C)C(P1N=C(c2ccccc2)O[C@@H]1c1ccccc1)[Si](C)(C)C. The highest BCUT2D eigenvalue weighted by molar-refractivity contribution is 7.64. The first-order valence-electron chi connectivity index (χ1n) is 9.32. The van der Waals surface area contributed by atoms with Gasteiger partial charge in [-0.15, -0.1) is 0 Å². The predicted molar refractivity (Wildman–Crippen MR) is 121 cm³/mol. The molecule has 0 saturated carbocycles. The van der Waals surface area contributed by atoms with Crippen LogP contribution in [0.3, 0.4) is 0 Å². The van der Waals surface area contributed by atoms with Gasteiger partial charge in [0.1, 0.15) is 0 Å². The minimum Gasteiger partial charge on any atom is -0.462 e. The third-order valence-electron chi connectivity index (χ3n) is 4.68. The maximum atomic E-state index is 6.54. The number of benzene rings is 2. The van der Waals surface area contributed by atoms with Crippen LogP contribution in [-0.4, -0.2) is 27.0 Å². The zero-order valence-corrected chi connectivity index (χ0v) is 19.6. The van der Waals surface area contributed by atoms with Crippen molar-refractivity contribution in [1.82, 2.24) is 0 Å². The van der Waals surface area contributed by atoms with E-state index >= 15 is 0 Å². The number of nitrogens with zero attached hydrogens (tertiary/aromatic N) is 1. The lowest BCUT2D eigenvalue weighted by Gasteiger charge is -2.42. The monoisotopic (exact) mass is 399 g/mol. The molecule has 1 aliphatic rings. The van der Waals surface area contributed by atoms with E-state index in [4.69, 9.17) is 9.50 Å². The topological polar surface area (TPSA) is 21.6 Å². The Morgan fingerprint density at radius 2 is 1.31 bits per heavy atom. The van der Waals surface area contributed by atoms with E-state index in [-0.39, 0.29) is 5.85 Å². The van der Waals surface area contributed by atoms with Crippen LogP contribution in [0.4, 0.5) is 0 Å². The van der Waals surface area contributed by atoms with Gasteiger partial charge < -0.3 is 4.74 Å². The van der Waals surface area contributed by atoms with Crippen molar-refractivity contribution in [2.24, 2.45) is 4.76 Å². The molecule has 0 N–H and O–H groups in total. The van der Waals surface area contributed by atoms with E-state index in [9.17, 15) is 0 Å². The lowest BCUT2D eigenvalue weighted by atomic mass is 10.2. The largest absolute Gasteiger partial charge is 0.462 e. The molecular weight excluding hydrogens is 369 g/mol. The summed E-state index contributed by atoms with van der Waals surface area (Å²) in [7, 11) is -3.38. The van der Waals surface area contributed by atoms with E-state index < -0.39 is 24.2 Å². The van der Waals surface area contributed by atoms with Crippen molar-refractivity contribution in [3.8, 4) is 0 Å². The fraction of sp³-hybridized carbons (Fsp3) is 0.381. The lowest BCUT2D eigenvalue weighted by Crippen LogP contribution is -2.52. The molecule has 2 nitrogen and oxygen atoms in total. The molecule has 1 unspecified atom stereocenters. The quantitative estimate of drug-likeness (QED) is 0.406. The van der Waals surface area contributed by atoms with Gasteiger partial charge in [0, 0.05) is 5.56 Å². The first-order chi connectivity index (χ1) is 12.2. The minimum absolute atomic E-state index is 0.0878. The molecular formula is C21H30NOPSi2. The van der Waals surface area contributed by atoms with E-state index in [0.717, 1.165) is 16.4 Å². The third kappa shape index (κ3) is 4.19. The van der Waals surface area contributed by atoms with Gasteiger partial charge in [-0.3, -0.25) is 0 Å². The summed E-state index contributed by atoms with van der Waals surface area (Å²) in [6, 6.07) is 21.1. The first kappa shape index (κ1) is 19.5. The Labute approximate surface area is 161 Å². The van der Waals surface area contributed by atoms with Crippen LogP contribution in [0.5, 0.6) is 0 Å². The molecule has 0 radical (unpaired) electrons. The third-order valence-corrected chi connectivity index (χ3v) is 21.2. The van der Waals surface area contributed by atoms with E-state index in [1.807, 2.05) is 6.07 Å². The zero-order valence-electron chi connectivity index (χ0n) is 16.7. The Balaban J connectivity index is 2.08. The molecule has 0 spiro atoms. The summed E-state index contributed by atoms with van der Waals surface area (Å²) in [6.07, 6.45) is 0. The molecule has 3 rings (SSSR count). The van der Waals surface area contributed by atoms with Gasteiger partial charge in [0.2, 0.25) is 5.90 Å². The Hall–Kier alpha value is -1.23. The average molecular weight is 400 g/mol. The Kier molecular flexibility index (Phi) is 5.57. The van der Waals surface area contributed by atoms with Gasteiger partial charge in [0.25, 0.3) is 0 Å². The second-order valence-electron chi connectivity index (χ2n) is 9.17. The van der Waals surface area contributed by atoms with Crippen LogP contribution in [0.1, 0.15) is 17.0 Å². The van der Waals surface area contributed by atoms with Crippen LogP contribution in [0.25, 0.3) is 0 Å². The molecule has 2 aromatic rings. The summed E-state index contributed by atoms with van der Waals surface area (Å²) in [5.74, 6) is 0.928. The van der Waals surface area contributed by atoms with Gasteiger partial charge in [-0.1, -0.05) is 87.8 Å². The van der Waals surface area contributed by atoms with Crippen molar-refractivity contribution < 1.29 is 4.74 Å². The summed E-state index contributed by atoms with van der Waals surface area (Å²) in [4.78, 5) is 0.719. The molecule has 2 atom stereocenters. The highest BCUT2D eigenvalue weighted by Crippen LogP contribution is 2.64. The smallest absolute Gasteiger partial charge is 0.220 e. The molecule has 138 valence electrons. The fourth-order valence-corrected chi connectivity index (χ4v) is 23.6. The van der Waals surface area contributed by atoms with Crippen LogP contribution in [-0.2, 0) is 4.74 Å². The van der Waals surface area contributed by atoms with Gasteiger partial charge in [0.15, 0.2) is 5.85 Å². The number of ether oxygens (including phenoxy) is 1. The summed E-state index contributed by atoms with van der Waals surface area (Å²) in [5.41, 5.74) is 2.37. The highest BCUT2D eigenvalue weighted by Gasteiger charge is 2.49. The Bertz CT molecular complexity index is 752. The normalized spacial score (nSPS) is 20.8. The highest BCUT2D eigenvalue weighted by atomic mass is 31.1. The molecule has 1 heterocycles. The van der Waals surface area contributed by atoms with Crippen molar-refractivity contribution in [3.05, 3.63) is 71.8 Å². The van der Waals surface area contributed by atoms with Crippen LogP contribution >= 0.6 is 8.07 Å². The molecule has 1 aliphatic heterocycles. The van der Waals surface area contributed by atoms with Crippen molar-refractivity contribution in [1.29, 1.82) is 0 Å². The lowest BCUT2D eigenvalue weighted by molar-refractivity contribution is 0.288. The van der Waals surface area contributed by atoms with Gasteiger partial charge in [-0.25, -0.2) is 4.76 Å². The van der Waals surface area contributed by atoms with Crippen LogP contribution in [0.15, 0.2) is 65.4 Å². The zero-order chi connectivity index (χ0) is 18.9. The number of hydrogen-bond donors (Lipinski definition) is 0. The molecule has 26 heavy (non-hydrogen) atoms. The van der Waals surface area contributed by atoms with E-state index in [1.165, 1.54) is 5.56 Å². The fourth-order valence-electron chi connectivity index (χ4n) is 4.17. The van der Waals surface area contributed by atoms with Crippen molar-refractivity contribution in [2.75, 3.05) is 0 Å². The van der Waals surface area contributed by atoms with E-state index in [0.29, 0.717) is 0 Å². The number of hydrogen-bond acceptors (Lipinski definition) is 2. The molecule has 0 fully saturated rings.